The van der Waals surface area contributed by atoms with E-state index in [9.17, 15) is 44.1 Å². The van der Waals surface area contributed by atoms with Crippen LogP contribution in [0.4, 0.5) is 4.79 Å². The molecule has 50 heavy (non-hydrogen) atoms. The van der Waals surface area contributed by atoms with Crippen molar-refractivity contribution < 1.29 is 48.8 Å². The van der Waals surface area contributed by atoms with E-state index in [1.807, 2.05) is 48.5 Å². The first-order valence-electron chi connectivity index (χ1n) is 16.2. The molecular formula is C36H38N4O10. The number of amides is 4. The van der Waals surface area contributed by atoms with Gasteiger partial charge in [0.1, 0.15) is 36.5 Å². The molecule has 1 saturated heterocycles. The zero-order valence-corrected chi connectivity index (χ0v) is 27.2. The lowest BCUT2D eigenvalue weighted by Gasteiger charge is -2.29. The molecule has 0 radical (unpaired) electrons. The van der Waals surface area contributed by atoms with Crippen molar-refractivity contribution in [1.29, 1.82) is 0 Å². The topological polar surface area (TPSA) is 212 Å². The van der Waals surface area contributed by atoms with Crippen LogP contribution in [0.25, 0.3) is 11.1 Å². The van der Waals surface area contributed by atoms with Crippen molar-refractivity contribution in [2.24, 2.45) is 0 Å². The molecule has 262 valence electrons. The summed E-state index contributed by atoms with van der Waals surface area (Å²) in [6.45, 7) is 1.29. The van der Waals surface area contributed by atoms with Gasteiger partial charge >= 0.3 is 18.0 Å². The number of hydrogen-bond donors (Lipinski definition) is 6. The summed E-state index contributed by atoms with van der Waals surface area (Å²) < 4.78 is 5.54. The van der Waals surface area contributed by atoms with Crippen LogP contribution in [0.2, 0.25) is 0 Å². The van der Waals surface area contributed by atoms with Gasteiger partial charge in [0.05, 0.1) is 6.42 Å². The summed E-state index contributed by atoms with van der Waals surface area (Å²) in [5, 5.41) is 35.8. The quantitative estimate of drug-likeness (QED) is 0.155. The fourth-order valence-corrected chi connectivity index (χ4v) is 6.38. The van der Waals surface area contributed by atoms with Gasteiger partial charge in [0.25, 0.3) is 0 Å². The number of phenols is 1. The number of rotatable bonds is 13. The monoisotopic (exact) mass is 686 g/mol. The number of fused-ring (bicyclic) bond motifs is 3. The molecule has 6 N–H and O–H groups in total. The fourth-order valence-electron chi connectivity index (χ4n) is 6.38. The van der Waals surface area contributed by atoms with Crippen molar-refractivity contribution in [1.82, 2.24) is 20.9 Å². The lowest BCUT2D eigenvalue weighted by molar-refractivity contribution is -0.145. The van der Waals surface area contributed by atoms with E-state index in [1.54, 1.807) is 12.1 Å². The Kier molecular flexibility index (Phi) is 11.0. The third kappa shape index (κ3) is 8.20. The summed E-state index contributed by atoms with van der Waals surface area (Å²) in [6, 6.07) is 16.2. The van der Waals surface area contributed by atoms with Gasteiger partial charge in [0, 0.05) is 18.9 Å². The first-order chi connectivity index (χ1) is 23.9. The lowest BCUT2D eigenvalue weighted by atomic mass is 9.98. The van der Waals surface area contributed by atoms with Crippen LogP contribution in [0.3, 0.4) is 0 Å². The number of alkyl carbamates (subject to hydrolysis) is 1. The number of carboxylic acid groups (broad SMARTS) is 2. The molecule has 0 bridgehead atoms. The molecule has 14 heteroatoms. The summed E-state index contributed by atoms with van der Waals surface area (Å²) in [7, 11) is 0. The van der Waals surface area contributed by atoms with E-state index in [2.05, 4.69) is 16.0 Å². The van der Waals surface area contributed by atoms with Gasteiger partial charge in [-0.05, 0) is 59.7 Å². The molecule has 2 aliphatic rings. The van der Waals surface area contributed by atoms with Gasteiger partial charge in [-0.1, -0.05) is 60.7 Å². The second-order valence-corrected chi connectivity index (χ2v) is 12.3. The lowest BCUT2D eigenvalue weighted by Crippen LogP contribution is -2.57. The van der Waals surface area contributed by atoms with Crippen LogP contribution >= 0.6 is 0 Å². The number of carbonyl (C=O) groups is 6. The van der Waals surface area contributed by atoms with Crippen LogP contribution in [0, 0.1) is 0 Å². The van der Waals surface area contributed by atoms with Crippen molar-refractivity contribution in [2.45, 2.75) is 62.7 Å². The Morgan fingerprint density at radius 3 is 2.06 bits per heavy atom. The molecular weight excluding hydrogens is 648 g/mol. The Morgan fingerprint density at radius 1 is 0.840 bits per heavy atom. The number of ether oxygens (including phenoxy) is 1. The number of carboxylic acids is 2. The number of likely N-dealkylation sites (tertiary alicyclic amines) is 1. The molecule has 14 nitrogen and oxygen atoms in total. The van der Waals surface area contributed by atoms with Gasteiger partial charge in [-0.3, -0.25) is 24.0 Å². The molecule has 1 heterocycles. The largest absolute Gasteiger partial charge is 0.508 e. The third-order valence-corrected chi connectivity index (χ3v) is 8.89. The highest BCUT2D eigenvalue weighted by molar-refractivity contribution is 5.96. The average Bonchev–Trinajstić information content (AvgIpc) is 3.70. The maximum atomic E-state index is 13.7. The second-order valence-electron chi connectivity index (χ2n) is 12.3. The molecule has 1 aliphatic carbocycles. The molecule has 3 aromatic rings. The van der Waals surface area contributed by atoms with Gasteiger partial charge in [-0.2, -0.15) is 0 Å². The molecule has 4 amide bonds. The zero-order valence-electron chi connectivity index (χ0n) is 27.2. The molecule has 5 rings (SSSR count). The molecule has 0 unspecified atom stereocenters. The van der Waals surface area contributed by atoms with Crippen LogP contribution in [-0.4, -0.2) is 93.3 Å². The maximum Gasteiger partial charge on any atom is 0.407 e. The minimum atomic E-state index is -1.55. The SMILES string of the molecule is C[C@H](NC(=O)[C@H](Cc1ccc(O)cc1)NC(=O)[C@@H]1CCCN1C(=O)[C@H](CC(=O)O)NC(=O)OCC1c2ccccc2-c2ccccc21)C(=O)O. The molecule has 0 saturated carbocycles. The van der Waals surface area contributed by atoms with E-state index in [0.29, 0.717) is 12.0 Å². The second kappa shape index (κ2) is 15.5. The zero-order chi connectivity index (χ0) is 35.9. The van der Waals surface area contributed by atoms with Crippen LogP contribution in [0.5, 0.6) is 5.75 Å². The molecule has 1 aliphatic heterocycles. The number of benzene rings is 3. The van der Waals surface area contributed by atoms with Gasteiger partial charge in [-0.25, -0.2) is 4.79 Å². The number of nitrogens with zero attached hydrogens (tertiary/aromatic N) is 1. The maximum absolute atomic E-state index is 13.7. The number of aliphatic carboxylic acids is 2. The molecule has 3 aromatic carbocycles. The predicted molar refractivity (Wildman–Crippen MR) is 178 cm³/mol. The summed E-state index contributed by atoms with van der Waals surface area (Å²) in [4.78, 5) is 77.7. The number of hydrogen-bond acceptors (Lipinski definition) is 8. The van der Waals surface area contributed by atoms with Crippen LogP contribution < -0.4 is 16.0 Å². The van der Waals surface area contributed by atoms with E-state index < -0.39 is 66.3 Å². The van der Waals surface area contributed by atoms with E-state index in [1.165, 1.54) is 24.0 Å². The van der Waals surface area contributed by atoms with Crippen molar-refractivity contribution in [3.8, 4) is 16.9 Å². The van der Waals surface area contributed by atoms with Gasteiger partial charge in [-0.15, -0.1) is 0 Å². The van der Waals surface area contributed by atoms with Gasteiger partial charge in [0.15, 0.2) is 0 Å². The first-order valence-corrected chi connectivity index (χ1v) is 16.2. The minimum absolute atomic E-state index is 0.0130. The predicted octanol–water partition coefficient (Wildman–Crippen LogP) is 2.38. The highest BCUT2D eigenvalue weighted by Crippen LogP contribution is 2.44. The van der Waals surface area contributed by atoms with Gasteiger partial charge in [0.2, 0.25) is 17.7 Å². The molecule has 4 atom stereocenters. The summed E-state index contributed by atoms with van der Waals surface area (Å²) in [5.41, 5.74) is 4.54. The minimum Gasteiger partial charge on any atom is -0.508 e. The van der Waals surface area contributed by atoms with E-state index >= 15 is 0 Å². The van der Waals surface area contributed by atoms with Gasteiger partial charge < -0.3 is 40.9 Å². The standard InChI is InChI=1S/C36H38N4O10/c1-20(35(47)48)37-32(44)28(17-21-12-14-22(41)15-13-21)38-33(45)30-11-6-16-40(30)34(46)29(18-31(42)43)39-36(49)50-19-27-25-9-4-2-7-23(25)24-8-3-5-10-26(24)27/h2-5,7-10,12-15,20,27-30,41H,6,11,16-19H2,1H3,(H,37,44)(H,38,45)(H,39,49)(H,42,43)(H,47,48)/t20-,28-,29-,30-/m0/s1. The van der Waals surface area contributed by atoms with E-state index in [4.69, 9.17) is 4.74 Å². The van der Waals surface area contributed by atoms with Crippen molar-refractivity contribution in [2.75, 3.05) is 13.2 Å². The number of phenolic OH excluding ortho intramolecular Hbond substituents is 1. The summed E-state index contributed by atoms with van der Waals surface area (Å²) in [6.07, 6.45) is -1.24. The Bertz CT molecular complexity index is 1730. The molecule has 0 aromatic heterocycles. The average molecular weight is 687 g/mol. The highest BCUT2D eigenvalue weighted by Gasteiger charge is 2.40. The third-order valence-electron chi connectivity index (χ3n) is 8.89. The van der Waals surface area contributed by atoms with Crippen molar-refractivity contribution in [3.05, 3.63) is 89.5 Å². The Balaban J connectivity index is 1.26. The van der Waals surface area contributed by atoms with E-state index in [0.717, 1.165) is 22.3 Å². The summed E-state index contributed by atoms with van der Waals surface area (Å²) >= 11 is 0. The van der Waals surface area contributed by atoms with Crippen LogP contribution in [0.15, 0.2) is 72.8 Å². The molecule has 0 spiro atoms. The Morgan fingerprint density at radius 2 is 1.46 bits per heavy atom. The highest BCUT2D eigenvalue weighted by atomic mass is 16.5. The van der Waals surface area contributed by atoms with Crippen molar-refractivity contribution >= 4 is 35.8 Å². The normalized spacial score (nSPS) is 16.7. The number of nitrogens with one attached hydrogen (secondary N) is 3. The van der Waals surface area contributed by atoms with Crippen LogP contribution in [0.1, 0.15) is 48.8 Å². The Hall–Kier alpha value is -5.92. The summed E-state index contributed by atoms with van der Waals surface area (Å²) in [5.74, 6) is -5.22. The van der Waals surface area contributed by atoms with Crippen molar-refractivity contribution in [3.63, 3.8) is 0 Å². The first kappa shape index (κ1) is 35.4. The number of carbonyl (C=O) groups excluding carboxylic acids is 4. The number of aromatic hydroxyl groups is 1. The Labute approximate surface area is 287 Å². The fraction of sp³-hybridized carbons (Fsp3) is 0.333. The molecule has 1 fully saturated rings. The van der Waals surface area contributed by atoms with E-state index in [-0.39, 0.29) is 37.7 Å². The smallest absolute Gasteiger partial charge is 0.407 e. The van der Waals surface area contributed by atoms with Crippen LogP contribution in [-0.2, 0) is 35.1 Å².